The Kier molecular flexibility index (Phi) is 12.7. The van der Waals surface area contributed by atoms with Crippen LogP contribution in [-0.2, 0) is 39.6 Å². The van der Waals surface area contributed by atoms with Crippen molar-refractivity contribution in [1.82, 2.24) is 9.55 Å². The van der Waals surface area contributed by atoms with Crippen molar-refractivity contribution in [3.8, 4) is 0 Å². The van der Waals surface area contributed by atoms with Gasteiger partial charge >= 0.3 is 0 Å². The van der Waals surface area contributed by atoms with Crippen molar-refractivity contribution in [2.45, 2.75) is 49.8 Å². The standard InChI is InChI=1S/C48H46N2O5/c51-43(36-53-33-37-19-7-1-8-20-37)45(54-34-38-21-9-2-10-22-38)46(55-35-39-23-11-3-12-24-39)44(52)47-49-31-32-50(47)48(40-25-13-4-14-26-40,41-27-15-5-16-28-41)42-29-17-6-18-30-42/h1-32,43-46,51-52H,33-36H2/t43-,44+,45-,46+/m1/s1. The lowest BCUT2D eigenvalue weighted by atomic mass is 9.76. The van der Waals surface area contributed by atoms with Crippen LogP contribution in [0.2, 0.25) is 0 Å². The second-order valence-electron chi connectivity index (χ2n) is 13.5. The summed E-state index contributed by atoms with van der Waals surface area (Å²) in [6, 6.07) is 60.0. The lowest BCUT2D eigenvalue weighted by molar-refractivity contribution is -0.179. The molecule has 1 aromatic heterocycles. The van der Waals surface area contributed by atoms with E-state index in [-0.39, 0.29) is 19.8 Å². The van der Waals surface area contributed by atoms with E-state index in [1.807, 2.05) is 156 Å². The van der Waals surface area contributed by atoms with Gasteiger partial charge in [-0.2, -0.15) is 0 Å². The van der Waals surface area contributed by atoms with Gasteiger partial charge in [-0.3, -0.25) is 0 Å². The minimum Gasteiger partial charge on any atom is -0.388 e. The van der Waals surface area contributed by atoms with Crippen molar-refractivity contribution in [2.24, 2.45) is 0 Å². The van der Waals surface area contributed by atoms with Crippen LogP contribution in [0.5, 0.6) is 0 Å². The van der Waals surface area contributed by atoms with Gasteiger partial charge in [-0.1, -0.05) is 182 Å². The predicted molar refractivity (Wildman–Crippen MR) is 214 cm³/mol. The zero-order valence-electron chi connectivity index (χ0n) is 30.6. The van der Waals surface area contributed by atoms with Gasteiger partial charge in [0.2, 0.25) is 0 Å². The van der Waals surface area contributed by atoms with Gasteiger partial charge in [0.1, 0.15) is 35.8 Å². The Morgan fingerprint density at radius 1 is 0.491 bits per heavy atom. The lowest BCUT2D eigenvalue weighted by Crippen LogP contribution is -2.48. The molecule has 0 amide bonds. The van der Waals surface area contributed by atoms with Gasteiger partial charge in [0.15, 0.2) is 0 Å². The summed E-state index contributed by atoms with van der Waals surface area (Å²) in [6.07, 6.45) is -1.04. The molecule has 4 atom stereocenters. The second-order valence-corrected chi connectivity index (χ2v) is 13.5. The van der Waals surface area contributed by atoms with E-state index >= 15 is 0 Å². The first kappa shape index (κ1) is 37.6. The lowest BCUT2D eigenvalue weighted by Gasteiger charge is -2.40. The highest BCUT2D eigenvalue weighted by atomic mass is 16.6. The number of aliphatic hydroxyl groups is 2. The third-order valence-corrected chi connectivity index (χ3v) is 9.85. The quantitative estimate of drug-likeness (QED) is 0.0862. The van der Waals surface area contributed by atoms with Crippen LogP contribution >= 0.6 is 0 Å². The third kappa shape index (κ3) is 8.84. The van der Waals surface area contributed by atoms with E-state index in [1.165, 1.54) is 0 Å². The van der Waals surface area contributed by atoms with Crippen LogP contribution in [-0.4, -0.2) is 44.7 Å². The molecule has 0 bridgehead atoms. The number of aromatic nitrogens is 2. The van der Waals surface area contributed by atoms with Crippen LogP contribution in [0.1, 0.15) is 45.3 Å². The molecule has 278 valence electrons. The van der Waals surface area contributed by atoms with Crippen LogP contribution in [0.3, 0.4) is 0 Å². The molecule has 0 spiro atoms. The molecule has 0 unspecified atom stereocenters. The maximum absolute atomic E-state index is 12.8. The van der Waals surface area contributed by atoms with Crippen molar-refractivity contribution in [3.63, 3.8) is 0 Å². The Labute approximate surface area is 323 Å². The maximum Gasteiger partial charge on any atom is 0.141 e. The number of aliphatic hydroxyl groups excluding tert-OH is 2. The van der Waals surface area contributed by atoms with Crippen LogP contribution in [0.25, 0.3) is 0 Å². The first-order valence-electron chi connectivity index (χ1n) is 18.6. The van der Waals surface area contributed by atoms with Crippen molar-refractivity contribution in [2.75, 3.05) is 6.61 Å². The van der Waals surface area contributed by atoms with Gasteiger partial charge < -0.3 is 29.0 Å². The molecule has 0 saturated carbocycles. The van der Waals surface area contributed by atoms with E-state index in [1.54, 1.807) is 6.20 Å². The highest BCUT2D eigenvalue weighted by molar-refractivity contribution is 5.51. The van der Waals surface area contributed by atoms with Gasteiger partial charge in [0.05, 0.1) is 26.4 Å². The molecule has 0 aliphatic rings. The highest BCUT2D eigenvalue weighted by Gasteiger charge is 2.44. The summed E-state index contributed by atoms with van der Waals surface area (Å²) in [7, 11) is 0. The summed E-state index contributed by atoms with van der Waals surface area (Å²) in [5.74, 6) is 0.348. The van der Waals surface area contributed by atoms with Gasteiger partial charge in [-0.05, 0) is 33.4 Å². The molecule has 0 radical (unpaired) electrons. The zero-order chi connectivity index (χ0) is 37.7. The summed E-state index contributed by atoms with van der Waals surface area (Å²) < 4.78 is 21.4. The highest BCUT2D eigenvalue weighted by Crippen LogP contribution is 2.43. The number of rotatable bonds is 18. The Hall–Kier alpha value is -5.67. The molecule has 0 saturated heterocycles. The molecule has 0 fully saturated rings. The first-order chi connectivity index (χ1) is 27.1. The minimum absolute atomic E-state index is 0.0529. The predicted octanol–water partition coefficient (Wildman–Crippen LogP) is 8.51. The van der Waals surface area contributed by atoms with Gasteiger partial charge in [-0.15, -0.1) is 0 Å². The Morgan fingerprint density at radius 2 is 0.873 bits per heavy atom. The van der Waals surface area contributed by atoms with Crippen molar-refractivity contribution in [3.05, 3.63) is 234 Å². The van der Waals surface area contributed by atoms with Crippen LogP contribution in [0.4, 0.5) is 0 Å². The SMILES string of the molecule is O[C@H](COCc1ccccc1)[C@@H](OCc1ccccc1)[C@@H](OCc1ccccc1)[C@H](O)c1nccn1C(c1ccccc1)(c1ccccc1)c1ccccc1. The Morgan fingerprint density at radius 3 is 1.31 bits per heavy atom. The molecule has 0 aliphatic carbocycles. The molecule has 7 rings (SSSR count). The molecule has 7 nitrogen and oxygen atoms in total. The smallest absolute Gasteiger partial charge is 0.141 e. The normalized spacial score (nSPS) is 13.9. The summed E-state index contributed by atoms with van der Waals surface area (Å²) in [4.78, 5) is 4.86. The largest absolute Gasteiger partial charge is 0.388 e. The molecule has 7 aromatic rings. The zero-order valence-corrected chi connectivity index (χ0v) is 30.6. The van der Waals surface area contributed by atoms with Crippen molar-refractivity contribution in [1.29, 1.82) is 0 Å². The van der Waals surface area contributed by atoms with Crippen molar-refractivity contribution < 1.29 is 24.4 Å². The van der Waals surface area contributed by atoms with E-state index in [9.17, 15) is 10.2 Å². The van der Waals surface area contributed by atoms with E-state index < -0.39 is 30.0 Å². The minimum atomic E-state index is -1.36. The topological polar surface area (TPSA) is 86.0 Å². The first-order valence-corrected chi connectivity index (χ1v) is 18.6. The van der Waals surface area contributed by atoms with E-state index in [4.69, 9.17) is 19.2 Å². The van der Waals surface area contributed by atoms with Gasteiger partial charge in [0, 0.05) is 12.4 Å². The van der Waals surface area contributed by atoms with Gasteiger partial charge in [-0.25, -0.2) is 4.98 Å². The number of imidazole rings is 1. The monoisotopic (exact) mass is 730 g/mol. The number of hydrogen-bond acceptors (Lipinski definition) is 6. The molecular formula is C48H46N2O5. The fourth-order valence-corrected chi connectivity index (χ4v) is 7.21. The maximum atomic E-state index is 12.8. The van der Waals surface area contributed by atoms with Gasteiger partial charge in [0.25, 0.3) is 0 Å². The summed E-state index contributed by atoms with van der Waals surface area (Å²) >= 11 is 0. The van der Waals surface area contributed by atoms with Crippen LogP contribution in [0.15, 0.2) is 194 Å². The van der Waals surface area contributed by atoms with Crippen LogP contribution in [0, 0.1) is 0 Å². The fraction of sp³-hybridized carbons (Fsp3) is 0.188. The second kappa shape index (κ2) is 18.6. The molecule has 55 heavy (non-hydrogen) atoms. The van der Waals surface area contributed by atoms with Crippen molar-refractivity contribution >= 4 is 0 Å². The number of hydrogen-bond donors (Lipinski definition) is 2. The average molecular weight is 731 g/mol. The van der Waals surface area contributed by atoms with E-state index in [0.29, 0.717) is 12.4 Å². The summed E-state index contributed by atoms with van der Waals surface area (Å²) in [5, 5.41) is 24.8. The Balaban J connectivity index is 1.32. The molecular weight excluding hydrogens is 685 g/mol. The molecule has 6 aromatic carbocycles. The molecule has 1 heterocycles. The van der Waals surface area contributed by atoms with E-state index in [0.717, 1.165) is 33.4 Å². The number of ether oxygens (including phenoxy) is 3. The summed E-state index contributed by atoms with van der Waals surface area (Å²) in [6.45, 7) is 0.588. The average Bonchev–Trinajstić information content (AvgIpc) is 3.75. The summed E-state index contributed by atoms with van der Waals surface area (Å²) in [5.41, 5.74) is 4.80. The van der Waals surface area contributed by atoms with E-state index in [2.05, 4.69) is 36.4 Å². The third-order valence-electron chi connectivity index (χ3n) is 9.85. The molecule has 0 aliphatic heterocycles. The number of benzene rings is 6. The van der Waals surface area contributed by atoms with Crippen LogP contribution < -0.4 is 0 Å². The Bertz CT molecular complexity index is 2040. The molecule has 2 N–H and O–H groups in total. The number of nitrogens with zero attached hydrogens (tertiary/aromatic N) is 2. The fourth-order valence-electron chi connectivity index (χ4n) is 7.21. The molecule has 7 heteroatoms.